The van der Waals surface area contributed by atoms with Crippen LogP contribution in [0.4, 0.5) is 0 Å². The van der Waals surface area contributed by atoms with E-state index in [4.69, 9.17) is 9.47 Å². The molecule has 4 aromatic rings. The summed E-state index contributed by atoms with van der Waals surface area (Å²) in [5, 5.41) is 5.40. The lowest BCUT2D eigenvalue weighted by atomic mass is 9.91. The molecule has 0 saturated heterocycles. The van der Waals surface area contributed by atoms with E-state index in [0.717, 1.165) is 41.4 Å². The molecule has 2 aromatic heterocycles. The number of carbonyl (C=O) groups is 1. The third-order valence-corrected chi connectivity index (χ3v) is 6.21. The number of H-pyrrole nitrogens is 1. The minimum absolute atomic E-state index is 0.0249. The zero-order valence-electron chi connectivity index (χ0n) is 17.4. The summed E-state index contributed by atoms with van der Waals surface area (Å²) < 4.78 is 12.8. The number of amides is 1. The molecule has 5 rings (SSSR count). The van der Waals surface area contributed by atoms with Crippen molar-refractivity contribution in [2.24, 2.45) is 7.05 Å². The molecule has 1 unspecified atom stereocenters. The van der Waals surface area contributed by atoms with Crippen LogP contribution in [0.3, 0.4) is 0 Å². The smallest absolute Gasteiger partial charge is 0.268 e. The highest BCUT2D eigenvalue weighted by molar-refractivity contribution is 6.01. The van der Waals surface area contributed by atoms with Crippen LogP contribution in [-0.2, 0) is 13.5 Å². The van der Waals surface area contributed by atoms with Gasteiger partial charge in [0.05, 0.1) is 25.8 Å². The maximum Gasteiger partial charge on any atom is 0.268 e. The summed E-state index contributed by atoms with van der Waals surface area (Å²) in [7, 11) is 5.14. The van der Waals surface area contributed by atoms with Gasteiger partial charge in [0.15, 0.2) is 0 Å². The Bertz CT molecular complexity index is 1270. The summed E-state index contributed by atoms with van der Waals surface area (Å²) in [5.41, 5.74) is 5.08. The van der Waals surface area contributed by atoms with E-state index in [9.17, 15) is 4.79 Å². The molecule has 6 heteroatoms. The number of carbonyl (C=O) groups excluding carboxylic acids is 1. The summed E-state index contributed by atoms with van der Waals surface area (Å²) in [4.78, 5) is 16.8. The number of rotatable bonds is 4. The molecule has 6 nitrogen and oxygen atoms in total. The molecule has 2 aromatic carbocycles. The van der Waals surface area contributed by atoms with Crippen LogP contribution in [0.5, 0.6) is 11.5 Å². The maximum absolute atomic E-state index is 13.3. The first kappa shape index (κ1) is 18.6. The van der Waals surface area contributed by atoms with Crippen molar-refractivity contribution in [2.45, 2.75) is 25.3 Å². The number of hydrogen-bond donors (Lipinski definition) is 2. The number of aryl methyl sites for hydroxylation is 2. The molecule has 0 fully saturated rings. The summed E-state index contributed by atoms with van der Waals surface area (Å²) in [6, 6.07) is 14.0. The van der Waals surface area contributed by atoms with Crippen LogP contribution in [-0.4, -0.2) is 29.7 Å². The van der Waals surface area contributed by atoms with Gasteiger partial charge in [-0.1, -0.05) is 18.2 Å². The Kier molecular flexibility index (Phi) is 4.42. The standard InChI is InChI=1S/C24H25N3O3/c1-27-20-11-14(29-2)12-22(30-3)17(20)13-21(27)24(28)26-19-10-6-8-16-15-7-4-5-9-18(15)25-23(16)19/h4-5,7,9,11-13,19,25H,6,8,10H2,1-3H3,(H,26,28). The van der Waals surface area contributed by atoms with Crippen LogP contribution in [0.15, 0.2) is 42.5 Å². The molecule has 0 saturated carbocycles. The van der Waals surface area contributed by atoms with E-state index in [1.807, 2.05) is 35.9 Å². The van der Waals surface area contributed by atoms with Crippen molar-refractivity contribution in [3.63, 3.8) is 0 Å². The van der Waals surface area contributed by atoms with Gasteiger partial charge in [-0.2, -0.15) is 0 Å². The predicted octanol–water partition coefficient (Wildman–Crippen LogP) is 4.48. The van der Waals surface area contributed by atoms with Gasteiger partial charge in [0.2, 0.25) is 0 Å². The summed E-state index contributed by atoms with van der Waals surface area (Å²) in [5.74, 6) is 1.29. The molecule has 1 atom stereocenters. The number of aromatic amines is 1. The van der Waals surface area contributed by atoms with Crippen molar-refractivity contribution < 1.29 is 14.3 Å². The monoisotopic (exact) mass is 403 g/mol. The van der Waals surface area contributed by atoms with Gasteiger partial charge >= 0.3 is 0 Å². The Morgan fingerprint density at radius 3 is 2.77 bits per heavy atom. The van der Waals surface area contributed by atoms with E-state index in [-0.39, 0.29) is 11.9 Å². The van der Waals surface area contributed by atoms with E-state index < -0.39 is 0 Å². The highest BCUT2D eigenvalue weighted by Gasteiger charge is 2.27. The number of fused-ring (bicyclic) bond motifs is 4. The van der Waals surface area contributed by atoms with Crippen molar-refractivity contribution >= 4 is 27.7 Å². The van der Waals surface area contributed by atoms with Gasteiger partial charge in [-0.05, 0) is 37.0 Å². The number of para-hydroxylation sites is 1. The number of aromatic nitrogens is 2. The van der Waals surface area contributed by atoms with Gasteiger partial charge in [0.25, 0.3) is 5.91 Å². The second-order valence-electron chi connectivity index (χ2n) is 7.83. The van der Waals surface area contributed by atoms with Gasteiger partial charge in [-0.25, -0.2) is 0 Å². The molecule has 0 radical (unpaired) electrons. The average molecular weight is 403 g/mol. The minimum atomic E-state index is -0.0915. The fourth-order valence-electron chi connectivity index (χ4n) is 4.67. The Hall–Kier alpha value is -3.41. The molecule has 30 heavy (non-hydrogen) atoms. The third kappa shape index (κ3) is 2.83. The Morgan fingerprint density at radius 2 is 1.97 bits per heavy atom. The fraction of sp³-hybridized carbons (Fsp3) is 0.292. The van der Waals surface area contributed by atoms with Gasteiger partial charge in [-0.15, -0.1) is 0 Å². The third-order valence-electron chi connectivity index (χ3n) is 6.21. The molecule has 154 valence electrons. The number of benzene rings is 2. The quantitative estimate of drug-likeness (QED) is 0.528. The van der Waals surface area contributed by atoms with Gasteiger partial charge < -0.3 is 24.3 Å². The lowest BCUT2D eigenvalue weighted by molar-refractivity contribution is 0.0924. The Labute approximate surface area is 174 Å². The van der Waals surface area contributed by atoms with E-state index in [1.165, 1.54) is 10.9 Å². The number of nitrogens with zero attached hydrogens (tertiary/aromatic N) is 1. The second-order valence-corrected chi connectivity index (χ2v) is 7.83. The molecule has 1 aliphatic carbocycles. The van der Waals surface area contributed by atoms with Crippen molar-refractivity contribution in [3.05, 3.63) is 59.4 Å². The van der Waals surface area contributed by atoms with Crippen molar-refractivity contribution in [1.29, 1.82) is 0 Å². The number of hydrogen-bond acceptors (Lipinski definition) is 3. The zero-order chi connectivity index (χ0) is 20.8. The van der Waals surface area contributed by atoms with Crippen molar-refractivity contribution in [3.8, 4) is 11.5 Å². The average Bonchev–Trinajstić information content (AvgIpc) is 3.32. The molecule has 0 bridgehead atoms. The molecule has 1 amide bonds. The second kappa shape index (κ2) is 7.13. The Morgan fingerprint density at radius 1 is 1.13 bits per heavy atom. The number of nitrogens with one attached hydrogen (secondary N) is 2. The van der Waals surface area contributed by atoms with Crippen LogP contribution in [0.2, 0.25) is 0 Å². The van der Waals surface area contributed by atoms with Crippen molar-refractivity contribution in [1.82, 2.24) is 14.9 Å². The highest BCUT2D eigenvalue weighted by Crippen LogP contribution is 2.36. The van der Waals surface area contributed by atoms with Crippen LogP contribution < -0.4 is 14.8 Å². The predicted molar refractivity (Wildman–Crippen MR) is 117 cm³/mol. The summed E-state index contributed by atoms with van der Waals surface area (Å²) >= 11 is 0. The Balaban J connectivity index is 1.51. The molecule has 1 aliphatic rings. The molecule has 2 heterocycles. The van der Waals surface area contributed by atoms with Crippen LogP contribution in [0.1, 0.15) is 40.6 Å². The maximum atomic E-state index is 13.3. The lowest BCUT2D eigenvalue weighted by Crippen LogP contribution is -2.32. The molecule has 2 N–H and O–H groups in total. The zero-order valence-corrected chi connectivity index (χ0v) is 17.4. The molecular formula is C24H25N3O3. The van der Waals surface area contributed by atoms with Crippen LogP contribution in [0, 0.1) is 0 Å². The first-order valence-electron chi connectivity index (χ1n) is 10.2. The molecular weight excluding hydrogens is 378 g/mol. The van der Waals surface area contributed by atoms with Crippen molar-refractivity contribution in [2.75, 3.05) is 14.2 Å². The summed E-state index contributed by atoms with van der Waals surface area (Å²) in [6.07, 6.45) is 3.02. The first-order chi connectivity index (χ1) is 14.6. The SMILES string of the molecule is COc1cc(OC)c2cc(C(=O)NC3CCCc4c3[nH]c3ccccc43)n(C)c2c1. The van der Waals surface area contributed by atoms with E-state index in [2.05, 4.69) is 28.5 Å². The normalized spacial score (nSPS) is 15.9. The molecule has 0 spiro atoms. The van der Waals surface area contributed by atoms with Crippen LogP contribution >= 0.6 is 0 Å². The van der Waals surface area contributed by atoms with Gasteiger partial charge in [0.1, 0.15) is 17.2 Å². The fourth-order valence-corrected chi connectivity index (χ4v) is 4.67. The number of ether oxygens (including phenoxy) is 2. The van der Waals surface area contributed by atoms with E-state index in [0.29, 0.717) is 17.2 Å². The lowest BCUT2D eigenvalue weighted by Gasteiger charge is -2.24. The highest BCUT2D eigenvalue weighted by atomic mass is 16.5. The molecule has 0 aliphatic heterocycles. The van der Waals surface area contributed by atoms with E-state index in [1.54, 1.807) is 14.2 Å². The van der Waals surface area contributed by atoms with Gasteiger partial charge in [-0.3, -0.25) is 4.79 Å². The first-order valence-corrected chi connectivity index (χ1v) is 10.2. The van der Waals surface area contributed by atoms with Gasteiger partial charge in [0, 0.05) is 41.2 Å². The largest absolute Gasteiger partial charge is 0.497 e. The van der Waals surface area contributed by atoms with Crippen LogP contribution in [0.25, 0.3) is 21.8 Å². The number of methoxy groups -OCH3 is 2. The summed E-state index contributed by atoms with van der Waals surface area (Å²) in [6.45, 7) is 0. The minimum Gasteiger partial charge on any atom is -0.497 e. The van der Waals surface area contributed by atoms with E-state index >= 15 is 0 Å². The topological polar surface area (TPSA) is 68.3 Å².